The molecule has 0 fully saturated rings. The number of carbonyl (C=O) groups excluding carboxylic acids is 3. The molecule has 22 heavy (non-hydrogen) atoms. The zero-order valence-corrected chi connectivity index (χ0v) is 12.6. The van der Waals surface area contributed by atoms with Crippen LogP contribution in [0.1, 0.15) is 18.9 Å². The van der Waals surface area contributed by atoms with Crippen LogP contribution in [0, 0.1) is 0 Å². The zero-order chi connectivity index (χ0) is 16.5. The van der Waals surface area contributed by atoms with E-state index in [4.69, 9.17) is 10.5 Å². The second-order valence-corrected chi connectivity index (χ2v) is 4.72. The molecule has 0 aliphatic rings. The highest BCUT2D eigenvalue weighted by Crippen LogP contribution is 2.04. The van der Waals surface area contributed by atoms with Crippen LogP contribution in [0.5, 0.6) is 0 Å². The minimum Gasteiger partial charge on any atom is -0.469 e. The van der Waals surface area contributed by atoms with Crippen LogP contribution in [0.15, 0.2) is 30.3 Å². The van der Waals surface area contributed by atoms with E-state index in [0.29, 0.717) is 0 Å². The summed E-state index contributed by atoms with van der Waals surface area (Å²) in [6.07, 6.45) is -0.317. The number of ether oxygens (including phenoxy) is 2. The van der Waals surface area contributed by atoms with Crippen molar-refractivity contribution in [1.82, 2.24) is 5.32 Å². The Labute approximate surface area is 128 Å². The van der Waals surface area contributed by atoms with Gasteiger partial charge in [-0.2, -0.15) is 0 Å². The third-order valence-corrected chi connectivity index (χ3v) is 2.84. The summed E-state index contributed by atoms with van der Waals surface area (Å²) in [4.78, 5) is 35.0. The van der Waals surface area contributed by atoms with Crippen molar-refractivity contribution in [3.05, 3.63) is 35.9 Å². The largest absolute Gasteiger partial charge is 0.469 e. The third-order valence-electron chi connectivity index (χ3n) is 2.84. The minimum atomic E-state index is -1.13. The van der Waals surface area contributed by atoms with Crippen molar-refractivity contribution < 1.29 is 23.9 Å². The number of rotatable bonds is 7. The fourth-order valence-corrected chi connectivity index (χ4v) is 1.58. The molecule has 120 valence electrons. The van der Waals surface area contributed by atoms with E-state index in [2.05, 4.69) is 10.1 Å². The molecule has 0 bridgehead atoms. The number of benzene rings is 1. The lowest BCUT2D eigenvalue weighted by Crippen LogP contribution is -2.48. The smallest absolute Gasteiger partial charge is 0.329 e. The highest BCUT2D eigenvalue weighted by atomic mass is 16.5. The Morgan fingerprint density at radius 2 is 1.86 bits per heavy atom. The van der Waals surface area contributed by atoms with Crippen LogP contribution in [0.2, 0.25) is 0 Å². The second-order valence-electron chi connectivity index (χ2n) is 4.72. The molecule has 0 aliphatic heterocycles. The molecule has 2 atom stereocenters. The maximum absolute atomic E-state index is 12.0. The van der Waals surface area contributed by atoms with Gasteiger partial charge < -0.3 is 20.5 Å². The number of hydrogen-bond donors (Lipinski definition) is 2. The summed E-state index contributed by atoms with van der Waals surface area (Å²) >= 11 is 0. The number of nitrogens with two attached hydrogens (primary N) is 1. The Hall–Kier alpha value is -2.41. The summed E-state index contributed by atoms with van der Waals surface area (Å²) in [7, 11) is 1.20. The number of methoxy groups -OCH3 is 1. The highest BCUT2D eigenvalue weighted by molar-refractivity contribution is 5.89. The average molecular weight is 308 g/mol. The summed E-state index contributed by atoms with van der Waals surface area (Å²) < 4.78 is 9.62. The van der Waals surface area contributed by atoms with Crippen molar-refractivity contribution in [2.24, 2.45) is 5.73 Å². The van der Waals surface area contributed by atoms with Gasteiger partial charge in [0.2, 0.25) is 5.91 Å². The first-order chi connectivity index (χ1) is 10.4. The van der Waals surface area contributed by atoms with Crippen LogP contribution in [-0.4, -0.2) is 37.0 Å². The van der Waals surface area contributed by atoms with Gasteiger partial charge in [0.1, 0.15) is 12.6 Å². The predicted molar refractivity (Wildman–Crippen MR) is 78.5 cm³/mol. The van der Waals surface area contributed by atoms with Crippen LogP contribution in [0.3, 0.4) is 0 Å². The molecule has 0 saturated heterocycles. The normalized spacial score (nSPS) is 12.9. The Balaban J connectivity index is 2.65. The number of carbonyl (C=O) groups is 3. The van der Waals surface area contributed by atoms with E-state index >= 15 is 0 Å². The van der Waals surface area contributed by atoms with Crippen LogP contribution >= 0.6 is 0 Å². The molecular formula is C15H20N2O5. The Morgan fingerprint density at radius 1 is 1.23 bits per heavy atom. The first-order valence-corrected chi connectivity index (χ1v) is 6.77. The Kier molecular flexibility index (Phi) is 7.04. The maximum atomic E-state index is 12.0. The lowest BCUT2D eigenvalue weighted by molar-refractivity contribution is -0.153. The second kappa shape index (κ2) is 8.78. The molecule has 0 aromatic heterocycles. The lowest BCUT2D eigenvalue weighted by atomic mass is 10.2. The molecule has 7 nitrogen and oxygen atoms in total. The summed E-state index contributed by atoms with van der Waals surface area (Å²) in [5.41, 5.74) is 6.23. The number of hydrogen-bond acceptors (Lipinski definition) is 6. The van der Waals surface area contributed by atoms with Gasteiger partial charge in [0.25, 0.3) is 0 Å². The van der Waals surface area contributed by atoms with Gasteiger partial charge in [-0.3, -0.25) is 9.59 Å². The summed E-state index contributed by atoms with van der Waals surface area (Å²) in [5, 5.41) is 2.38. The topological polar surface area (TPSA) is 108 Å². The van der Waals surface area contributed by atoms with Crippen molar-refractivity contribution in [2.45, 2.75) is 32.0 Å². The van der Waals surface area contributed by atoms with Crippen molar-refractivity contribution in [3.8, 4) is 0 Å². The summed E-state index contributed by atoms with van der Waals surface area (Å²) in [6.45, 7) is 1.52. The molecule has 1 aromatic carbocycles. The van der Waals surface area contributed by atoms with Gasteiger partial charge >= 0.3 is 11.9 Å². The maximum Gasteiger partial charge on any atom is 0.329 e. The molecule has 2 unspecified atom stereocenters. The summed E-state index contributed by atoms with van der Waals surface area (Å²) in [5.74, 6) is -1.90. The Bertz CT molecular complexity index is 516. The monoisotopic (exact) mass is 308 g/mol. The van der Waals surface area contributed by atoms with Gasteiger partial charge in [0.15, 0.2) is 0 Å². The SMILES string of the molecule is COC(=O)CC(NC(=O)C(C)N)C(=O)OCc1ccccc1. The quantitative estimate of drug-likeness (QED) is 0.693. The van der Waals surface area contributed by atoms with Crippen LogP contribution in [0.4, 0.5) is 0 Å². The molecular weight excluding hydrogens is 288 g/mol. The number of esters is 2. The lowest BCUT2D eigenvalue weighted by Gasteiger charge is -2.18. The van der Waals surface area contributed by atoms with Gasteiger partial charge in [-0.15, -0.1) is 0 Å². The van der Waals surface area contributed by atoms with E-state index in [9.17, 15) is 14.4 Å². The molecule has 0 saturated carbocycles. The zero-order valence-electron chi connectivity index (χ0n) is 12.6. The third kappa shape index (κ3) is 5.92. The van der Waals surface area contributed by atoms with E-state index in [1.54, 1.807) is 12.1 Å². The first kappa shape index (κ1) is 17.6. The van der Waals surface area contributed by atoms with E-state index in [1.165, 1.54) is 14.0 Å². The first-order valence-electron chi connectivity index (χ1n) is 6.77. The van der Waals surface area contributed by atoms with Crippen molar-refractivity contribution in [1.29, 1.82) is 0 Å². The van der Waals surface area contributed by atoms with Crippen LogP contribution in [0.25, 0.3) is 0 Å². The standard InChI is InChI=1S/C15H20N2O5/c1-10(16)14(19)17-12(8-13(18)21-2)15(20)22-9-11-6-4-3-5-7-11/h3-7,10,12H,8-9,16H2,1-2H3,(H,17,19). The Morgan fingerprint density at radius 3 is 2.41 bits per heavy atom. The van der Waals surface area contributed by atoms with Gasteiger partial charge in [0.05, 0.1) is 19.6 Å². The molecule has 0 heterocycles. The van der Waals surface area contributed by atoms with Gasteiger partial charge in [-0.05, 0) is 12.5 Å². The molecule has 1 rings (SSSR count). The van der Waals surface area contributed by atoms with Crippen molar-refractivity contribution >= 4 is 17.8 Å². The molecule has 0 spiro atoms. The van der Waals surface area contributed by atoms with Crippen molar-refractivity contribution in [3.63, 3.8) is 0 Å². The molecule has 1 aromatic rings. The molecule has 3 N–H and O–H groups in total. The number of nitrogens with one attached hydrogen (secondary N) is 1. The van der Waals surface area contributed by atoms with Crippen LogP contribution in [-0.2, 0) is 30.5 Å². The average Bonchev–Trinajstić information content (AvgIpc) is 2.52. The molecule has 0 aliphatic carbocycles. The highest BCUT2D eigenvalue weighted by Gasteiger charge is 2.26. The van der Waals surface area contributed by atoms with E-state index < -0.39 is 29.9 Å². The van der Waals surface area contributed by atoms with Gasteiger partial charge in [-0.1, -0.05) is 30.3 Å². The van der Waals surface area contributed by atoms with Crippen molar-refractivity contribution in [2.75, 3.05) is 7.11 Å². The van der Waals surface area contributed by atoms with Gasteiger partial charge in [-0.25, -0.2) is 4.79 Å². The van der Waals surface area contributed by atoms with E-state index in [-0.39, 0.29) is 13.0 Å². The fourth-order valence-electron chi connectivity index (χ4n) is 1.58. The number of amides is 1. The molecule has 0 radical (unpaired) electrons. The predicted octanol–water partition coefficient (Wildman–Crippen LogP) is 0.125. The minimum absolute atomic E-state index is 0.0470. The molecule has 7 heteroatoms. The molecule has 1 amide bonds. The van der Waals surface area contributed by atoms with E-state index in [0.717, 1.165) is 5.56 Å². The van der Waals surface area contributed by atoms with Crippen LogP contribution < -0.4 is 11.1 Å². The van der Waals surface area contributed by atoms with E-state index in [1.807, 2.05) is 18.2 Å². The fraction of sp³-hybridized carbons (Fsp3) is 0.400. The van der Waals surface area contributed by atoms with Gasteiger partial charge in [0, 0.05) is 0 Å². The summed E-state index contributed by atoms with van der Waals surface area (Å²) in [6, 6.07) is 7.12.